The van der Waals surface area contributed by atoms with Crippen LogP contribution in [0.2, 0.25) is 0 Å². The Labute approximate surface area is 139 Å². The minimum atomic E-state index is -2.22. The van der Waals surface area contributed by atoms with E-state index in [4.69, 9.17) is 0 Å². The summed E-state index contributed by atoms with van der Waals surface area (Å²) in [5.41, 5.74) is 2.38. The summed E-state index contributed by atoms with van der Waals surface area (Å²) in [6, 6.07) is 6.85. The van der Waals surface area contributed by atoms with Gasteiger partial charge in [-0.25, -0.2) is 22.0 Å². The first-order valence-electron chi connectivity index (χ1n) is 7.03. The molecular weight excluding hydrogens is 345 g/mol. The number of rotatable bonds is 7. The molecule has 0 aliphatic carbocycles. The van der Waals surface area contributed by atoms with Gasteiger partial charge < -0.3 is 0 Å². The first-order chi connectivity index (χ1) is 12.0. The summed E-state index contributed by atoms with van der Waals surface area (Å²) < 4.78 is 65.7. The van der Waals surface area contributed by atoms with Crippen molar-refractivity contribution in [2.24, 2.45) is 0 Å². The molecule has 2 aromatic rings. The smallest absolute Gasteiger partial charge is 0.200 e. The second-order valence-corrected chi connectivity index (χ2v) is 4.88. The van der Waals surface area contributed by atoms with Crippen molar-refractivity contribution < 1.29 is 31.6 Å². The van der Waals surface area contributed by atoms with Crippen LogP contribution in [0.25, 0.3) is 0 Å². The fourth-order valence-corrected chi connectivity index (χ4v) is 2.01. The second-order valence-electron chi connectivity index (χ2n) is 4.88. The van der Waals surface area contributed by atoms with E-state index in [0.29, 0.717) is 18.3 Å². The molecule has 2 rings (SSSR count). The number of hydrogen-bond acceptors (Lipinski definition) is 3. The zero-order chi connectivity index (χ0) is 18.4. The van der Waals surface area contributed by atoms with Crippen molar-refractivity contribution in [1.29, 1.82) is 0 Å². The predicted molar refractivity (Wildman–Crippen MR) is 78.8 cm³/mol. The second kappa shape index (κ2) is 8.39. The standard InChI is InChI=1S/C17H12F5NO2/c18-13-12(14(19)16(21)17(22)15(13)20)9-25-23-7-3-6-10-4-1-2-5-11(10)8-24/h1-5,7-8,23H,6,9H2. The Morgan fingerprint density at radius 1 is 0.920 bits per heavy atom. The molecule has 1 N–H and O–H groups in total. The molecule has 0 unspecified atom stereocenters. The number of allylic oxidation sites excluding steroid dienone is 1. The number of carbonyl (C=O) groups is 1. The molecule has 0 aromatic heterocycles. The minimum absolute atomic E-state index is 0.369. The van der Waals surface area contributed by atoms with Gasteiger partial charge in [-0.1, -0.05) is 30.3 Å². The molecule has 8 heteroatoms. The molecule has 0 amide bonds. The Balaban J connectivity index is 1.93. The summed E-state index contributed by atoms with van der Waals surface area (Å²) in [7, 11) is 0. The number of hydrogen-bond donors (Lipinski definition) is 1. The van der Waals surface area contributed by atoms with Gasteiger partial charge in [0.15, 0.2) is 23.3 Å². The third-order valence-corrected chi connectivity index (χ3v) is 3.31. The summed E-state index contributed by atoms with van der Waals surface area (Å²) in [6.07, 6.45) is 3.90. The zero-order valence-electron chi connectivity index (χ0n) is 12.7. The SMILES string of the molecule is O=Cc1ccccc1CC=CNOCc1c(F)c(F)c(F)c(F)c1F. The number of hydroxylamine groups is 1. The molecule has 132 valence electrons. The maximum atomic E-state index is 13.4. The number of halogens is 5. The van der Waals surface area contributed by atoms with E-state index in [1.54, 1.807) is 30.3 Å². The van der Waals surface area contributed by atoms with Crippen molar-refractivity contribution in [1.82, 2.24) is 5.48 Å². The Kier molecular flexibility index (Phi) is 6.24. The Bertz CT molecular complexity index is 779. The van der Waals surface area contributed by atoms with E-state index in [1.807, 2.05) is 0 Å². The van der Waals surface area contributed by atoms with Gasteiger partial charge in [0.2, 0.25) is 5.82 Å². The lowest BCUT2D eigenvalue weighted by atomic mass is 10.1. The van der Waals surface area contributed by atoms with E-state index in [1.165, 1.54) is 6.20 Å². The molecule has 0 aliphatic rings. The summed E-state index contributed by atoms with van der Waals surface area (Å²) in [6.45, 7) is -0.874. The van der Waals surface area contributed by atoms with Crippen LogP contribution < -0.4 is 5.48 Å². The van der Waals surface area contributed by atoms with Crippen molar-refractivity contribution in [3.63, 3.8) is 0 Å². The molecule has 3 nitrogen and oxygen atoms in total. The molecule has 0 radical (unpaired) electrons. The van der Waals surface area contributed by atoms with E-state index in [-0.39, 0.29) is 0 Å². The van der Waals surface area contributed by atoms with Gasteiger partial charge >= 0.3 is 0 Å². The lowest BCUT2D eigenvalue weighted by molar-refractivity contribution is 0.0525. The number of benzene rings is 2. The van der Waals surface area contributed by atoms with Gasteiger partial charge in [0.05, 0.1) is 5.56 Å². The molecule has 25 heavy (non-hydrogen) atoms. The molecular formula is C17H12F5NO2. The highest BCUT2D eigenvalue weighted by molar-refractivity contribution is 5.77. The first kappa shape index (κ1) is 18.6. The van der Waals surface area contributed by atoms with Gasteiger partial charge in [-0.2, -0.15) is 0 Å². The molecule has 0 spiro atoms. The van der Waals surface area contributed by atoms with Crippen LogP contribution in [0.5, 0.6) is 0 Å². The van der Waals surface area contributed by atoms with Crippen LogP contribution in [0.15, 0.2) is 36.5 Å². The third kappa shape index (κ3) is 4.21. The van der Waals surface area contributed by atoms with E-state index < -0.39 is 41.3 Å². The summed E-state index contributed by atoms with van der Waals surface area (Å²) in [5, 5.41) is 0. The maximum Gasteiger partial charge on any atom is 0.200 e. The fourth-order valence-electron chi connectivity index (χ4n) is 2.01. The average Bonchev–Trinajstić information content (AvgIpc) is 2.63. The Hall–Kier alpha value is -2.74. The number of nitrogens with one attached hydrogen (secondary N) is 1. The van der Waals surface area contributed by atoms with Crippen LogP contribution in [-0.4, -0.2) is 6.29 Å². The molecule has 0 bridgehead atoms. The predicted octanol–water partition coefficient (Wildman–Crippen LogP) is 3.97. The van der Waals surface area contributed by atoms with Gasteiger partial charge in [-0.15, -0.1) is 0 Å². The molecule has 0 atom stereocenters. The normalized spacial score (nSPS) is 11.1. The monoisotopic (exact) mass is 357 g/mol. The van der Waals surface area contributed by atoms with Gasteiger partial charge in [0.25, 0.3) is 0 Å². The highest BCUT2D eigenvalue weighted by atomic mass is 19.2. The summed E-state index contributed by atoms with van der Waals surface area (Å²) in [5.74, 6) is -10.2. The third-order valence-electron chi connectivity index (χ3n) is 3.31. The molecule has 0 saturated heterocycles. The maximum absolute atomic E-state index is 13.4. The van der Waals surface area contributed by atoms with E-state index >= 15 is 0 Å². The molecule has 0 heterocycles. The van der Waals surface area contributed by atoms with Gasteiger partial charge in [0, 0.05) is 11.8 Å². The quantitative estimate of drug-likeness (QED) is 0.204. The first-order valence-corrected chi connectivity index (χ1v) is 7.03. The van der Waals surface area contributed by atoms with Crippen LogP contribution in [0, 0.1) is 29.1 Å². The highest BCUT2D eigenvalue weighted by Crippen LogP contribution is 2.23. The van der Waals surface area contributed by atoms with Crippen LogP contribution in [0.4, 0.5) is 22.0 Å². The van der Waals surface area contributed by atoms with Crippen LogP contribution >= 0.6 is 0 Å². The summed E-state index contributed by atoms with van der Waals surface area (Å²) >= 11 is 0. The fraction of sp³-hybridized carbons (Fsp3) is 0.118. The highest BCUT2D eigenvalue weighted by Gasteiger charge is 2.25. The van der Waals surface area contributed by atoms with Gasteiger partial charge in [-0.05, 0) is 12.0 Å². The zero-order valence-corrected chi connectivity index (χ0v) is 12.7. The molecule has 0 fully saturated rings. The molecule has 2 aromatic carbocycles. The number of carbonyl (C=O) groups excluding carboxylic acids is 1. The average molecular weight is 357 g/mol. The van der Waals surface area contributed by atoms with Crippen molar-refractivity contribution in [3.8, 4) is 0 Å². The topological polar surface area (TPSA) is 38.3 Å². The van der Waals surface area contributed by atoms with Crippen molar-refractivity contribution >= 4 is 6.29 Å². The lowest BCUT2D eigenvalue weighted by Crippen LogP contribution is -2.12. The minimum Gasteiger partial charge on any atom is -0.298 e. The largest absolute Gasteiger partial charge is 0.298 e. The Morgan fingerprint density at radius 2 is 1.52 bits per heavy atom. The molecule has 0 saturated carbocycles. The molecule has 0 aliphatic heterocycles. The number of aldehydes is 1. The van der Waals surface area contributed by atoms with Crippen molar-refractivity contribution in [2.75, 3.05) is 0 Å². The van der Waals surface area contributed by atoms with Gasteiger partial charge in [0.1, 0.15) is 12.9 Å². The summed E-state index contributed by atoms with van der Waals surface area (Å²) in [4.78, 5) is 15.5. The van der Waals surface area contributed by atoms with E-state index in [0.717, 1.165) is 5.56 Å². The van der Waals surface area contributed by atoms with E-state index in [2.05, 4.69) is 10.3 Å². The van der Waals surface area contributed by atoms with Crippen molar-refractivity contribution in [2.45, 2.75) is 13.0 Å². The van der Waals surface area contributed by atoms with Crippen LogP contribution in [-0.2, 0) is 17.9 Å². The van der Waals surface area contributed by atoms with Crippen molar-refractivity contribution in [3.05, 3.63) is 82.3 Å². The Morgan fingerprint density at radius 3 is 2.16 bits per heavy atom. The van der Waals surface area contributed by atoms with Crippen LogP contribution in [0.1, 0.15) is 21.5 Å². The van der Waals surface area contributed by atoms with Crippen LogP contribution in [0.3, 0.4) is 0 Å². The van der Waals surface area contributed by atoms with E-state index in [9.17, 15) is 26.7 Å². The lowest BCUT2D eigenvalue weighted by Gasteiger charge is -2.08. The van der Waals surface area contributed by atoms with Gasteiger partial charge in [-0.3, -0.25) is 15.1 Å².